The fourth-order valence-electron chi connectivity index (χ4n) is 5.38. The van der Waals surface area contributed by atoms with Gasteiger partial charge >= 0.3 is 12.5 Å². The highest BCUT2D eigenvalue weighted by Gasteiger charge is 2.47. The molecule has 0 saturated carbocycles. The van der Waals surface area contributed by atoms with Gasteiger partial charge in [-0.3, -0.25) is 4.99 Å². The van der Waals surface area contributed by atoms with Crippen molar-refractivity contribution in [2.45, 2.75) is 29.5 Å². The largest absolute Gasteiger partial charge is 0.465 e. The van der Waals surface area contributed by atoms with E-state index in [1.807, 2.05) is 0 Å². The molecule has 46 heavy (non-hydrogen) atoms. The zero-order chi connectivity index (χ0) is 32.8. The topological polar surface area (TPSA) is 139 Å². The minimum absolute atomic E-state index is 0.0231. The Kier molecular flexibility index (Phi) is 8.49. The van der Waals surface area contributed by atoms with Crippen molar-refractivity contribution < 1.29 is 36.2 Å². The number of alkyl halides is 2. The molecule has 0 radical (unpaired) electrons. The Bertz CT molecular complexity index is 1990. The number of halogens is 4. The van der Waals surface area contributed by atoms with E-state index in [-0.39, 0.29) is 34.1 Å². The summed E-state index contributed by atoms with van der Waals surface area (Å²) in [5, 5.41) is 18.1. The van der Waals surface area contributed by atoms with E-state index in [0.29, 0.717) is 32.4 Å². The highest BCUT2D eigenvalue weighted by molar-refractivity contribution is 7.89. The Morgan fingerprint density at radius 2 is 2.07 bits per heavy atom. The van der Waals surface area contributed by atoms with Gasteiger partial charge in [0.2, 0.25) is 10.0 Å². The monoisotopic (exact) mass is 692 g/mol. The zero-order valence-electron chi connectivity index (χ0n) is 23.8. The van der Waals surface area contributed by atoms with Gasteiger partial charge in [0.05, 0.1) is 29.8 Å². The maximum Gasteiger partial charge on any atom is 0.337 e. The summed E-state index contributed by atoms with van der Waals surface area (Å²) >= 11 is 7.74. The second kappa shape index (κ2) is 12.3. The van der Waals surface area contributed by atoms with Gasteiger partial charge in [-0.25, -0.2) is 32.0 Å². The molecule has 4 heterocycles. The van der Waals surface area contributed by atoms with Crippen LogP contribution in [0.1, 0.15) is 45.6 Å². The van der Waals surface area contributed by atoms with E-state index in [9.17, 15) is 31.5 Å². The number of methoxy groups -OCH3 is 1. The summed E-state index contributed by atoms with van der Waals surface area (Å²) in [5.41, 5.74) is -0.518. The Hall–Kier alpha value is -4.09. The Balaban J connectivity index is 1.42. The number of nitrogens with zero attached hydrogens (tertiary/aromatic N) is 5. The van der Waals surface area contributed by atoms with Gasteiger partial charge in [-0.1, -0.05) is 23.7 Å². The van der Waals surface area contributed by atoms with Crippen molar-refractivity contribution in [1.82, 2.24) is 24.4 Å². The molecule has 2 N–H and O–H groups in total. The fraction of sp³-hybridized carbons (Fsp3) is 0.241. The average Bonchev–Trinajstić information content (AvgIpc) is 3.80. The van der Waals surface area contributed by atoms with Crippen LogP contribution < -0.4 is 4.72 Å². The van der Waals surface area contributed by atoms with Crippen molar-refractivity contribution in [3.63, 3.8) is 0 Å². The molecule has 2 aromatic heterocycles. The van der Waals surface area contributed by atoms with Crippen LogP contribution in [0.2, 0.25) is 5.02 Å². The van der Waals surface area contributed by atoms with Crippen LogP contribution >= 0.6 is 22.9 Å². The number of esters is 1. The van der Waals surface area contributed by atoms with Crippen LogP contribution in [-0.4, -0.2) is 70.8 Å². The van der Waals surface area contributed by atoms with Gasteiger partial charge in [0.1, 0.15) is 17.5 Å². The van der Waals surface area contributed by atoms with E-state index >= 15 is 0 Å². The molecule has 0 aliphatic carbocycles. The number of nitrogens with one attached hydrogen (secondary N) is 1. The van der Waals surface area contributed by atoms with Gasteiger partial charge in [-0.05, 0) is 36.4 Å². The minimum Gasteiger partial charge on any atom is -0.465 e. The molecule has 1 saturated heterocycles. The third-order valence-corrected chi connectivity index (χ3v) is 9.98. The second-order valence-electron chi connectivity index (χ2n) is 10.5. The summed E-state index contributed by atoms with van der Waals surface area (Å²) in [6, 6.07) is 9.37. The van der Waals surface area contributed by atoms with Gasteiger partial charge in [-0.15, -0.1) is 11.3 Å². The summed E-state index contributed by atoms with van der Waals surface area (Å²) in [5.74, 6) is -0.995. The third-order valence-electron chi connectivity index (χ3n) is 7.49. The number of hydrogen-bond acceptors (Lipinski definition) is 10. The van der Waals surface area contributed by atoms with Crippen LogP contribution in [0.4, 0.5) is 13.2 Å². The molecule has 17 heteroatoms. The molecular weight excluding hydrogens is 669 g/mol. The van der Waals surface area contributed by atoms with Crippen LogP contribution in [0.5, 0.6) is 0 Å². The lowest BCUT2D eigenvalue weighted by atomic mass is 9.91. The molecule has 240 valence electrons. The number of ether oxygens (including phenoxy) is 1. The lowest BCUT2D eigenvalue weighted by Gasteiger charge is -2.32. The maximum absolute atomic E-state index is 14.1. The smallest absolute Gasteiger partial charge is 0.337 e. The first-order valence-electron chi connectivity index (χ1n) is 13.6. The van der Waals surface area contributed by atoms with Crippen LogP contribution in [0.15, 0.2) is 81.9 Å². The number of sulfonamides is 1. The summed E-state index contributed by atoms with van der Waals surface area (Å²) in [6.07, 6.45) is 2.50. The van der Waals surface area contributed by atoms with Gasteiger partial charge in [-0.2, -0.15) is 13.9 Å². The van der Waals surface area contributed by atoms with E-state index in [2.05, 4.69) is 19.5 Å². The lowest BCUT2D eigenvalue weighted by molar-refractivity contribution is 0.0563. The number of rotatable bonds is 9. The number of thiazole rings is 1. The maximum atomic E-state index is 14.1. The first kappa shape index (κ1) is 31.9. The molecule has 6 rings (SSSR count). The summed E-state index contributed by atoms with van der Waals surface area (Å²) in [7, 11) is -3.05. The summed E-state index contributed by atoms with van der Waals surface area (Å²) < 4.78 is 75.3. The van der Waals surface area contributed by atoms with Crippen molar-refractivity contribution in [3.8, 4) is 0 Å². The molecule has 0 spiro atoms. The number of aliphatic imine (C=N–C) groups is 1. The van der Waals surface area contributed by atoms with E-state index in [1.54, 1.807) is 16.5 Å². The van der Waals surface area contributed by atoms with Crippen LogP contribution in [-0.2, 0) is 14.8 Å². The van der Waals surface area contributed by atoms with E-state index in [4.69, 9.17) is 16.6 Å². The molecule has 2 aromatic carbocycles. The first-order valence-corrected chi connectivity index (χ1v) is 16.3. The molecule has 11 nitrogen and oxygen atoms in total. The van der Waals surface area contributed by atoms with Crippen molar-refractivity contribution in [2.75, 3.05) is 20.2 Å². The number of amidine groups is 1. The van der Waals surface area contributed by atoms with Crippen molar-refractivity contribution in [1.29, 1.82) is 0 Å². The molecular formula is C29H24ClF3N6O5S2. The van der Waals surface area contributed by atoms with Crippen LogP contribution in [0.3, 0.4) is 0 Å². The lowest BCUT2D eigenvalue weighted by Crippen LogP contribution is -2.45. The Labute approximate surface area is 269 Å². The molecule has 0 unspecified atom stereocenters. The number of carbonyl (C=O) groups is 1. The van der Waals surface area contributed by atoms with Gasteiger partial charge in [0.25, 0.3) is 0 Å². The van der Waals surface area contributed by atoms with Crippen LogP contribution in [0.25, 0.3) is 5.57 Å². The van der Waals surface area contributed by atoms with Crippen molar-refractivity contribution >= 4 is 50.3 Å². The van der Waals surface area contributed by atoms with E-state index in [1.165, 1.54) is 54.8 Å². The van der Waals surface area contributed by atoms with Gasteiger partial charge in [0, 0.05) is 52.6 Å². The van der Waals surface area contributed by atoms with Crippen LogP contribution in [0, 0.1) is 5.82 Å². The molecule has 0 amide bonds. The summed E-state index contributed by atoms with van der Waals surface area (Å²) in [4.78, 5) is 22.7. The number of aliphatic hydroxyl groups is 1. The van der Waals surface area contributed by atoms with Gasteiger partial charge < -0.3 is 14.7 Å². The van der Waals surface area contributed by atoms with Crippen molar-refractivity contribution in [2.24, 2.45) is 4.99 Å². The SMILES string of the molecule is COC(=O)c1cccc(S(=O)(=O)NC[C@]2(O)CC3=C(c4ccn(C(F)F)n4)[C@H](c4ccc(F)cc4Cl)N=C(c4nccs4)N3C2)c1. The van der Waals surface area contributed by atoms with E-state index < -0.39 is 46.5 Å². The highest BCUT2D eigenvalue weighted by Crippen LogP contribution is 2.48. The molecule has 2 aliphatic heterocycles. The number of aromatic nitrogens is 3. The Morgan fingerprint density at radius 1 is 1.26 bits per heavy atom. The van der Waals surface area contributed by atoms with Gasteiger partial charge in [0.15, 0.2) is 10.8 Å². The zero-order valence-corrected chi connectivity index (χ0v) is 26.2. The molecule has 2 aliphatic rings. The number of carbonyl (C=O) groups excluding carboxylic acids is 1. The third kappa shape index (κ3) is 6.05. The summed E-state index contributed by atoms with van der Waals surface area (Å²) in [6.45, 7) is -3.56. The molecule has 4 aromatic rings. The Morgan fingerprint density at radius 3 is 2.74 bits per heavy atom. The first-order chi connectivity index (χ1) is 21.9. The molecule has 0 bridgehead atoms. The van der Waals surface area contributed by atoms with Crippen molar-refractivity contribution in [3.05, 3.63) is 105 Å². The standard InChI is InChI=1S/C29H24ClF3N6O5S2/c1-44-27(40)16-3-2-4-18(11-16)46(42,43)35-14-29(41)13-22-23(21-7-9-39(37-21)28(32)33)24(19-6-5-17(31)12-20(19)30)36-25(38(22)15-29)26-34-8-10-45-26/h2-12,24,28,35,41H,13-15H2,1H3/t24-,29+/m0/s1. The average molecular weight is 693 g/mol. The minimum atomic E-state index is -4.22. The predicted molar refractivity (Wildman–Crippen MR) is 162 cm³/mol. The second-order valence-corrected chi connectivity index (χ2v) is 13.6. The normalized spacial score (nSPS) is 19.8. The number of hydrogen-bond donors (Lipinski definition) is 2. The quantitative estimate of drug-likeness (QED) is 0.242. The van der Waals surface area contributed by atoms with E-state index in [0.717, 1.165) is 18.3 Å². The number of benzene rings is 2. The molecule has 1 fully saturated rings. The number of fused-ring (bicyclic) bond motifs is 1. The fourth-order valence-corrected chi connectivity index (χ4v) is 7.46. The highest BCUT2D eigenvalue weighted by atomic mass is 35.5. The predicted octanol–water partition coefficient (Wildman–Crippen LogP) is 4.64. The molecule has 2 atom stereocenters.